The summed E-state index contributed by atoms with van der Waals surface area (Å²) in [5.74, 6) is 0.447. The predicted octanol–water partition coefficient (Wildman–Crippen LogP) is 3.41. The average Bonchev–Trinajstić information content (AvgIpc) is 2.61. The van der Waals surface area contributed by atoms with Gasteiger partial charge in [-0.1, -0.05) is 26.0 Å². The second-order valence-corrected chi connectivity index (χ2v) is 6.40. The molecule has 1 saturated heterocycles. The minimum absolute atomic E-state index is 0.175. The highest BCUT2D eigenvalue weighted by Gasteiger charge is 2.21. The van der Waals surface area contributed by atoms with Gasteiger partial charge in [-0.05, 0) is 53.0 Å². The van der Waals surface area contributed by atoms with Crippen LogP contribution in [0.3, 0.4) is 0 Å². The monoisotopic (exact) mass is 328 g/mol. The second-order valence-electron chi connectivity index (χ2n) is 5.61. The smallest absolute Gasteiger partial charge is 0.137 e. The van der Waals surface area contributed by atoms with E-state index >= 15 is 0 Å². The van der Waals surface area contributed by atoms with Crippen molar-refractivity contribution in [2.24, 2.45) is 5.92 Å². The van der Waals surface area contributed by atoms with Gasteiger partial charge in [-0.3, -0.25) is 4.90 Å². The maximum absolute atomic E-state index is 13.5. The molecule has 1 N–H and O–H groups in total. The van der Waals surface area contributed by atoms with Crippen molar-refractivity contribution in [3.05, 3.63) is 34.1 Å². The third-order valence-corrected chi connectivity index (χ3v) is 4.63. The molecule has 1 aliphatic rings. The van der Waals surface area contributed by atoms with Crippen molar-refractivity contribution in [1.29, 1.82) is 0 Å². The molecule has 0 radical (unpaired) electrons. The zero-order chi connectivity index (χ0) is 13.8. The van der Waals surface area contributed by atoms with Gasteiger partial charge in [0.15, 0.2) is 0 Å². The molecule has 2 nitrogen and oxygen atoms in total. The van der Waals surface area contributed by atoms with Gasteiger partial charge in [-0.15, -0.1) is 0 Å². The Kier molecular flexibility index (Phi) is 5.37. The molecule has 0 aromatic heterocycles. The normalized spacial score (nSPS) is 21.6. The Bertz CT molecular complexity index is 423. The molecule has 1 aromatic rings. The van der Waals surface area contributed by atoms with Crippen LogP contribution in [0.2, 0.25) is 0 Å². The lowest BCUT2D eigenvalue weighted by molar-refractivity contribution is 0.238. The Morgan fingerprint density at radius 1 is 1.47 bits per heavy atom. The number of hydrogen-bond acceptors (Lipinski definition) is 2. The molecule has 2 rings (SSSR count). The van der Waals surface area contributed by atoms with E-state index in [1.807, 2.05) is 6.07 Å². The van der Waals surface area contributed by atoms with Crippen molar-refractivity contribution in [1.82, 2.24) is 10.2 Å². The van der Waals surface area contributed by atoms with Gasteiger partial charge >= 0.3 is 0 Å². The summed E-state index contributed by atoms with van der Waals surface area (Å²) < 4.78 is 14.1. The van der Waals surface area contributed by atoms with Crippen molar-refractivity contribution >= 4 is 15.9 Å². The van der Waals surface area contributed by atoms with Crippen LogP contribution in [0.25, 0.3) is 0 Å². The Morgan fingerprint density at radius 3 is 3.00 bits per heavy atom. The van der Waals surface area contributed by atoms with Gasteiger partial charge in [0.1, 0.15) is 5.82 Å². The first-order valence-corrected chi connectivity index (χ1v) is 7.76. The van der Waals surface area contributed by atoms with Gasteiger partial charge in [0, 0.05) is 19.1 Å². The van der Waals surface area contributed by atoms with E-state index in [1.165, 1.54) is 6.07 Å². The maximum Gasteiger partial charge on any atom is 0.137 e. The fourth-order valence-electron chi connectivity index (χ4n) is 2.53. The molecule has 0 spiro atoms. The number of hydrogen-bond donors (Lipinski definition) is 1. The summed E-state index contributed by atoms with van der Waals surface area (Å²) in [6.07, 6.45) is 1.15. The molecule has 0 bridgehead atoms. The number of nitrogens with zero attached hydrogens (tertiary/aromatic N) is 1. The van der Waals surface area contributed by atoms with Crippen molar-refractivity contribution in [2.75, 3.05) is 19.6 Å². The van der Waals surface area contributed by atoms with E-state index in [1.54, 1.807) is 6.07 Å². The molecule has 19 heavy (non-hydrogen) atoms. The predicted molar refractivity (Wildman–Crippen MR) is 80.6 cm³/mol. The van der Waals surface area contributed by atoms with Crippen LogP contribution in [-0.2, 0) is 6.54 Å². The van der Waals surface area contributed by atoms with Crippen LogP contribution in [0.1, 0.15) is 25.8 Å². The van der Waals surface area contributed by atoms with Gasteiger partial charge < -0.3 is 5.32 Å². The first-order chi connectivity index (χ1) is 9.08. The van der Waals surface area contributed by atoms with Crippen LogP contribution in [0.5, 0.6) is 0 Å². The summed E-state index contributed by atoms with van der Waals surface area (Å²) >= 11 is 3.35. The van der Waals surface area contributed by atoms with E-state index < -0.39 is 0 Å². The van der Waals surface area contributed by atoms with Crippen molar-refractivity contribution in [3.8, 4) is 0 Å². The maximum atomic E-state index is 13.5. The number of halogens is 2. The summed E-state index contributed by atoms with van der Waals surface area (Å²) in [5, 5.41) is 3.60. The Hall–Kier alpha value is -0.450. The highest BCUT2D eigenvalue weighted by molar-refractivity contribution is 9.10. The zero-order valence-corrected chi connectivity index (χ0v) is 13.2. The lowest BCUT2D eigenvalue weighted by Gasteiger charge is -2.27. The largest absolute Gasteiger partial charge is 0.312 e. The standard InChI is InChI=1S/C15H22BrFN2/c1-11(2)14-10-19(8-4-7-18-14)9-12-5-3-6-13(17)15(12)16/h3,5-6,11,14,18H,4,7-10H2,1-2H3. The molecule has 1 atom stereocenters. The summed E-state index contributed by atoms with van der Waals surface area (Å²) in [5.41, 5.74) is 1.03. The van der Waals surface area contributed by atoms with Crippen molar-refractivity contribution in [2.45, 2.75) is 32.9 Å². The lowest BCUT2D eigenvalue weighted by atomic mass is 10.0. The number of nitrogens with one attached hydrogen (secondary N) is 1. The Morgan fingerprint density at radius 2 is 2.26 bits per heavy atom. The Balaban J connectivity index is 2.06. The van der Waals surface area contributed by atoms with Gasteiger partial charge in [0.2, 0.25) is 0 Å². The molecule has 106 valence electrons. The molecule has 1 heterocycles. The van der Waals surface area contributed by atoms with Crippen LogP contribution in [0.15, 0.2) is 22.7 Å². The lowest BCUT2D eigenvalue weighted by Crippen LogP contribution is -2.41. The third-order valence-electron chi connectivity index (χ3n) is 3.74. The SMILES string of the molecule is CC(C)C1CN(Cc2cccc(F)c2Br)CCCN1. The van der Waals surface area contributed by atoms with E-state index in [4.69, 9.17) is 0 Å². The number of benzene rings is 1. The topological polar surface area (TPSA) is 15.3 Å². The van der Waals surface area contributed by atoms with E-state index in [0.29, 0.717) is 16.4 Å². The summed E-state index contributed by atoms with van der Waals surface area (Å²) in [7, 11) is 0. The van der Waals surface area contributed by atoms with Crippen molar-refractivity contribution < 1.29 is 4.39 Å². The highest BCUT2D eigenvalue weighted by atomic mass is 79.9. The average molecular weight is 329 g/mol. The quantitative estimate of drug-likeness (QED) is 0.914. The summed E-state index contributed by atoms with van der Waals surface area (Å²) in [6, 6.07) is 5.80. The molecule has 0 aliphatic carbocycles. The first-order valence-electron chi connectivity index (χ1n) is 6.96. The van der Waals surface area contributed by atoms with Crippen LogP contribution < -0.4 is 5.32 Å². The fourth-order valence-corrected chi connectivity index (χ4v) is 2.92. The van der Waals surface area contributed by atoms with Crippen LogP contribution in [0, 0.1) is 11.7 Å². The minimum Gasteiger partial charge on any atom is -0.312 e. The van der Waals surface area contributed by atoms with Gasteiger partial charge in [0.25, 0.3) is 0 Å². The van der Waals surface area contributed by atoms with Gasteiger partial charge in [-0.25, -0.2) is 4.39 Å². The highest BCUT2D eigenvalue weighted by Crippen LogP contribution is 2.22. The van der Waals surface area contributed by atoms with Crippen LogP contribution >= 0.6 is 15.9 Å². The first kappa shape index (κ1) is 14.9. The molecule has 0 saturated carbocycles. The van der Waals surface area contributed by atoms with Gasteiger partial charge in [-0.2, -0.15) is 0 Å². The van der Waals surface area contributed by atoms with E-state index in [9.17, 15) is 4.39 Å². The molecule has 1 fully saturated rings. The number of rotatable bonds is 3. The van der Waals surface area contributed by atoms with E-state index in [2.05, 4.69) is 40.0 Å². The molecule has 1 unspecified atom stereocenters. The van der Waals surface area contributed by atoms with E-state index in [-0.39, 0.29) is 5.82 Å². The van der Waals surface area contributed by atoms with Crippen LogP contribution in [0.4, 0.5) is 4.39 Å². The van der Waals surface area contributed by atoms with Crippen molar-refractivity contribution in [3.63, 3.8) is 0 Å². The molecular formula is C15H22BrFN2. The van der Waals surface area contributed by atoms with Crippen LogP contribution in [-0.4, -0.2) is 30.6 Å². The molecule has 4 heteroatoms. The fraction of sp³-hybridized carbons (Fsp3) is 0.600. The molecule has 1 aromatic carbocycles. The molecule has 1 aliphatic heterocycles. The van der Waals surface area contributed by atoms with Gasteiger partial charge in [0.05, 0.1) is 4.47 Å². The molecule has 0 amide bonds. The summed E-state index contributed by atoms with van der Waals surface area (Å²) in [6.45, 7) is 8.48. The minimum atomic E-state index is -0.175. The summed E-state index contributed by atoms with van der Waals surface area (Å²) in [4.78, 5) is 2.42. The van der Waals surface area contributed by atoms with E-state index in [0.717, 1.165) is 38.2 Å². The second kappa shape index (κ2) is 6.82. The Labute approximate surface area is 123 Å². The molecular weight excluding hydrogens is 307 g/mol. The zero-order valence-electron chi connectivity index (χ0n) is 11.6. The third kappa shape index (κ3) is 4.01.